The molecule has 0 bridgehead atoms. The minimum absolute atomic E-state index is 0.0229. The van der Waals surface area contributed by atoms with E-state index < -0.39 is 53.3 Å². The highest BCUT2D eigenvalue weighted by atomic mass is 19.2. The number of halogens is 5. The molecule has 37 heavy (non-hydrogen) atoms. The predicted molar refractivity (Wildman–Crippen MR) is 117 cm³/mol. The maximum absolute atomic E-state index is 13.8. The van der Waals surface area contributed by atoms with Crippen LogP contribution in [0.2, 0.25) is 0 Å². The van der Waals surface area contributed by atoms with Crippen LogP contribution < -0.4 is 10.1 Å². The van der Waals surface area contributed by atoms with Gasteiger partial charge in [-0.05, 0) is 31.2 Å². The van der Waals surface area contributed by atoms with Crippen molar-refractivity contribution >= 4 is 17.7 Å². The fourth-order valence-corrected chi connectivity index (χ4v) is 3.19. The first-order valence-corrected chi connectivity index (χ1v) is 10.6. The van der Waals surface area contributed by atoms with E-state index in [9.17, 15) is 31.5 Å². The summed E-state index contributed by atoms with van der Waals surface area (Å²) in [5.41, 5.74) is 0.477. The Bertz CT molecular complexity index is 1440. The van der Waals surface area contributed by atoms with E-state index in [1.54, 1.807) is 37.3 Å². The zero-order valence-corrected chi connectivity index (χ0v) is 18.9. The van der Waals surface area contributed by atoms with Gasteiger partial charge in [-0.2, -0.15) is 13.9 Å². The highest BCUT2D eigenvalue weighted by molar-refractivity contribution is 6.06. The lowest BCUT2D eigenvalue weighted by molar-refractivity contribution is 0.0527. The number of ether oxygens (including phenoxy) is 2. The average Bonchev–Trinajstić information content (AvgIpc) is 3.54. The Morgan fingerprint density at radius 3 is 2.24 bits per heavy atom. The molecule has 2 aromatic heterocycles. The third kappa shape index (κ3) is 5.01. The normalized spacial score (nSPS) is 10.9. The van der Waals surface area contributed by atoms with E-state index in [2.05, 4.69) is 10.4 Å². The second-order valence-electron chi connectivity index (χ2n) is 7.28. The van der Waals surface area contributed by atoms with E-state index in [0.29, 0.717) is 5.69 Å². The lowest BCUT2D eigenvalue weighted by atomic mass is 10.2. The lowest BCUT2D eigenvalue weighted by Crippen LogP contribution is -2.17. The smallest absolute Gasteiger partial charge is 0.343 e. The SMILES string of the molecule is CCOC(=O)c1cnn(-c2ccccc2)c1NC(=O)c1ccc(COc2c(F)c(F)c(F)c(F)c2F)o1. The third-order valence-electron chi connectivity index (χ3n) is 4.91. The molecule has 0 atom stereocenters. The fraction of sp³-hybridized carbons (Fsp3) is 0.125. The number of para-hydroxylation sites is 1. The van der Waals surface area contributed by atoms with Gasteiger partial charge in [-0.15, -0.1) is 0 Å². The summed E-state index contributed by atoms with van der Waals surface area (Å²) in [4.78, 5) is 25.2. The number of rotatable bonds is 8. The minimum Gasteiger partial charge on any atom is -0.479 e. The van der Waals surface area contributed by atoms with Crippen LogP contribution in [0.1, 0.15) is 33.6 Å². The Kier molecular flexibility index (Phi) is 7.22. The van der Waals surface area contributed by atoms with Crippen molar-refractivity contribution in [2.75, 3.05) is 11.9 Å². The van der Waals surface area contributed by atoms with E-state index in [1.807, 2.05) is 0 Å². The molecule has 0 aliphatic heterocycles. The molecule has 2 aromatic carbocycles. The maximum atomic E-state index is 13.8. The molecule has 0 fully saturated rings. The zero-order chi connectivity index (χ0) is 26.7. The van der Waals surface area contributed by atoms with Gasteiger partial charge in [0.2, 0.25) is 29.1 Å². The monoisotopic (exact) mass is 521 g/mol. The van der Waals surface area contributed by atoms with Crippen molar-refractivity contribution in [3.63, 3.8) is 0 Å². The summed E-state index contributed by atoms with van der Waals surface area (Å²) in [6, 6.07) is 10.9. The van der Waals surface area contributed by atoms with Gasteiger partial charge in [0.15, 0.2) is 17.3 Å². The van der Waals surface area contributed by atoms with Crippen LogP contribution in [-0.2, 0) is 11.3 Å². The van der Waals surface area contributed by atoms with Gasteiger partial charge in [0.1, 0.15) is 17.9 Å². The first kappa shape index (κ1) is 25.4. The molecule has 1 N–H and O–H groups in total. The Morgan fingerprint density at radius 1 is 0.946 bits per heavy atom. The Hall–Kier alpha value is -4.68. The van der Waals surface area contributed by atoms with Gasteiger partial charge < -0.3 is 19.2 Å². The molecule has 0 aliphatic rings. The molecule has 0 spiro atoms. The van der Waals surface area contributed by atoms with Gasteiger partial charge in [-0.25, -0.2) is 22.6 Å². The summed E-state index contributed by atoms with van der Waals surface area (Å²) in [7, 11) is 0. The lowest BCUT2D eigenvalue weighted by Gasteiger charge is -2.10. The number of benzene rings is 2. The summed E-state index contributed by atoms with van der Waals surface area (Å²) >= 11 is 0. The molecule has 4 rings (SSSR count). The van der Waals surface area contributed by atoms with Gasteiger partial charge in [0.25, 0.3) is 5.91 Å². The van der Waals surface area contributed by atoms with Gasteiger partial charge >= 0.3 is 5.97 Å². The van der Waals surface area contributed by atoms with Crippen LogP contribution >= 0.6 is 0 Å². The number of hydrogen-bond donors (Lipinski definition) is 1. The van der Waals surface area contributed by atoms with Crippen LogP contribution in [0.5, 0.6) is 5.75 Å². The van der Waals surface area contributed by atoms with Crippen molar-refractivity contribution < 1.29 is 45.4 Å². The molecule has 2 heterocycles. The Labute approximate surface area is 205 Å². The number of esters is 1. The van der Waals surface area contributed by atoms with Crippen LogP contribution in [0.3, 0.4) is 0 Å². The predicted octanol–water partition coefficient (Wildman–Crippen LogP) is 5.17. The number of amides is 1. The Balaban J connectivity index is 1.55. The summed E-state index contributed by atoms with van der Waals surface area (Å²) in [5.74, 6) is -14.5. The number of aromatic nitrogens is 2. The van der Waals surface area contributed by atoms with E-state index in [4.69, 9.17) is 13.9 Å². The van der Waals surface area contributed by atoms with Gasteiger partial charge in [0, 0.05) is 0 Å². The van der Waals surface area contributed by atoms with Crippen molar-refractivity contribution in [1.82, 2.24) is 9.78 Å². The molecule has 0 radical (unpaired) electrons. The number of nitrogens with one attached hydrogen (secondary N) is 1. The van der Waals surface area contributed by atoms with Crippen LogP contribution in [0.15, 0.2) is 53.1 Å². The molecular formula is C24H16F5N3O5. The molecule has 1 amide bonds. The first-order chi connectivity index (χ1) is 17.7. The van der Waals surface area contributed by atoms with Gasteiger partial charge in [-0.1, -0.05) is 18.2 Å². The fourth-order valence-electron chi connectivity index (χ4n) is 3.19. The van der Waals surface area contributed by atoms with Gasteiger partial charge in [-0.3, -0.25) is 4.79 Å². The third-order valence-corrected chi connectivity index (χ3v) is 4.91. The standard InChI is InChI=1S/C24H16F5N3O5/c1-2-35-24(34)14-10-30-32(12-6-4-3-5-7-12)22(14)31-23(33)15-9-8-13(37-15)11-36-21-19(28)17(26)16(25)18(27)20(21)29/h3-10H,2,11H2,1H3,(H,31,33). The largest absolute Gasteiger partial charge is 0.479 e. The number of carbonyl (C=O) groups excluding carboxylic acids is 2. The molecule has 0 aliphatic carbocycles. The van der Waals surface area contributed by atoms with Crippen LogP contribution in [0, 0.1) is 29.1 Å². The molecule has 8 nitrogen and oxygen atoms in total. The Morgan fingerprint density at radius 2 is 1.59 bits per heavy atom. The number of furan rings is 1. The topological polar surface area (TPSA) is 95.6 Å². The number of carbonyl (C=O) groups is 2. The number of anilines is 1. The second-order valence-corrected chi connectivity index (χ2v) is 7.28. The van der Waals surface area contributed by atoms with E-state index in [0.717, 1.165) is 0 Å². The van der Waals surface area contributed by atoms with Gasteiger partial charge in [0.05, 0.1) is 18.5 Å². The zero-order valence-electron chi connectivity index (χ0n) is 18.9. The summed E-state index contributed by atoms with van der Waals surface area (Å²) in [5, 5.41) is 6.64. The van der Waals surface area contributed by atoms with E-state index in [1.165, 1.54) is 23.0 Å². The van der Waals surface area contributed by atoms with E-state index >= 15 is 0 Å². The van der Waals surface area contributed by atoms with Crippen molar-refractivity contribution in [2.45, 2.75) is 13.5 Å². The molecular weight excluding hydrogens is 505 g/mol. The first-order valence-electron chi connectivity index (χ1n) is 10.6. The van der Waals surface area contributed by atoms with Crippen molar-refractivity contribution in [2.24, 2.45) is 0 Å². The number of hydrogen-bond acceptors (Lipinski definition) is 6. The molecule has 4 aromatic rings. The highest BCUT2D eigenvalue weighted by Gasteiger charge is 2.28. The molecule has 0 saturated carbocycles. The average molecular weight is 521 g/mol. The maximum Gasteiger partial charge on any atom is 0.343 e. The van der Waals surface area contributed by atoms with E-state index in [-0.39, 0.29) is 29.5 Å². The second kappa shape index (κ2) is 10.5. The summed E-state index contributed by atoms with van der Waals surface area (Å²) < 4.78 is 83.8. The quantitative estimate of drug-likeness (QED) is 0.149. The van der Waals surface area contributed by atoms with Crippen molar-refractivity contribution in [3.05, 3.63) is 94.8 Å². The molecule has 192 valence electrons. The minimum atomic E-state index is -2.32. The van der Waals surface area contributed by atoms with Crippen LogP contribution in [-0.4, -0.2) is 28.3 Å². The molecule has 0 saturated heterocycles. The molecule has 13 heteroatoms. The van der Waals surface area contributed by atoms with Crippen molar-refractivity contribution in [1.29, 1.82) is 0 Å². The number of nitrogens with zero attached hydrogens (tertiary/aromatic N) is 2. The summed E-state index contributed by atoms with van der Waals surface area (Å²) in [6.07, 6.45) is 1.21. The summed E-state index contributed by atoms with van der Waals surface area (Å²) in [6.45, 7) is 0.922. The highest BCUT2D eigenvalue weighted by Crippen LogP contribution is 2.30. The van der Waals surface area contributed by atoms with Crippen molar-refractivity contribution in [3.8, 4) is 11.4 Å². The molecule has 0 unspecified atom stereocenters. The van der Waals surface area contributed by atoms with Crippen LogP contribution in [0.4, 0.5) is 27.8 Å². The van der Waals surface area contributed by atoms with Crippen LogP contribution in [0.25, 0.3) is 5.69 Å².